The summed E-state index contributed by atoms with van der Waals surface area (Å²) in [5.41, 5.74) is 1.39. The molecule has 0 saturated carbocycles. The molecule has 1 rings (SSSR count). The summed E-state index contributed by atoms with van der Waals surface area (Å²) in [7, 11) is 0. The molecule has 0 radical (unpaired) electrons. The van der Waals surface area contributed by atoms with Gasteiger partial charge in [-0.1, -0.05) is 28.1 Å². The highest BCUT2D eigenvalue weighted by Crippen LogP contribution is 2.21. The van der Waals surface area contributed by atoms with Gasteiger partial charge < -0.3 is 5.32 Å². The molecular weight excluding hydrogens is 300 g/mol. The fraction of sp³-hybridized carbons (Fsp3) is 0.417. The second-order valence-corrected chi connectivity index (χ2v) is 6.46. The summed E-state index contributed by atoms with van der Waals surface area (Å²) in [6.45, 7) is 5.44. The number of nitro groups is 1. The van der Waals surface area contributed by atoms with Crippen LogP contribution < -0.4 is 5.32 Å². The lowest BCUT2D eigenvalue weighted by Gasteiger charge is -2.16. The Morgan fingerprint density at radius 3 is 2.61 bits per heavy atom. The Hall–Kier alpha value is -1.43. The molecule has 0 bridgehead atoms. The predicted molar refractivity (Wildman–Crippen MR) is 72.7 cm³/mol. The highest BCUT2D eigenvalue weighted by atomic mass is 79.9. The van der Waals surface area contributed by atoms with Crippen LogP contribution in [0, 0.1) is 17.0 Å². The van der Waals surface area contributed by atoms with Gasteiger partial charge in [0.1, 0.15) is 0 Å². The molecule has 0 aliphatic heterocycles. The molecule has 0 unspecified atom stereocenters. The Morgan fingerprint density at radius 2 is 2.11 bits per heavy atom. The van der Waals surface area contributed by atoms with Gasteiger partial charge in [0.15, 0.2) is 0 Å². The van der Waals surface area contributed by atoms with Gasteiger partial charge in [0, 0.05) is 18.2 Å². The van der Waals surface area contributed by atoms with Gasteiger partial charge in [0.2, 0.25) is 5.91 Å². The minimum Gasteiger partial charge on any atom is -0.351 e. The SMILES string of the molecule is Cc1c(CNC(=O)C(C)(C)Br)cccc1[N+](=O)[O-]. The molecular formula is C12H15BrN2O3. The molecule has 0 aromatic heterocycles. The van der Waals surface area contributed by atoms with Gasteiger partial charge in [-0.25, -0.2) is 0 Å². The summed E-state index contributed by atoms with van der Waals surface area (Å²) in [6.07, 6.45) is 0. The fourth-order valence-corrected chi connectivity index (χ4v) is 1.59. The van der Waals surface area contributed by atoms with E-state index in [2.05, 4.69) is 21.2 Å². The predicted octanol–water partition coefficient (Wildman–Crippen LogP) is 2.69. The monoisotopic (exact) mass is 314 g/mol. The van der Waals surface area contributed by atoms with Crippen molar-refractivity contribution >= 4 is 27.5 Å². The van der Waals surface area contributed by atoms with Gasteiger partial charge in [-0.2, -0.15) is 0 Å². The Bertz CT molecular complexity index is 481. The summed E-state index contributed by atoms with van der Waals surface area (Å²) in [5.74, 6) is -0.159. The molecule has 0 heterocycles. The summed E-state index contributed by atoms with van der Waals surface area (Å²) in [6, 6.07) is 4.84. The van der Waals surface area contributed by atoms with Crippen LogP contribution in [0.1, 0.15) is 25.0 Å². The van der Waals surface area contributed by atoms with Crippen molar-refractivity contribution in [1.29, 1.82) is 0 Å². The molecule has 1 aromatic carbocycles. The Balaban J connectivity index is 2.84. The summed E-state index contributed by atoms with van der Waals surface area (Å²) in [4.78, 5) is 22.0. The molecule has 0 atom stereocenters. The second kappa shape index (κ2) is 5.48. The van der Waals surface area contributed by atoms with E-state index in [1.165, 1.54) is 6.07 Å². The third-order valence-electron chi connectivity index (χ3n) is 2.59. The summed E-state index contributed by atoms with van der Waals surface area (Å²) >= 11 is 3.25. The zero-order valence-corrected chi connectivity index (χ0v) is 12.1. The lowest BCUT2D eigenvalue weighted by Crippen LogP contribution is -2.37. The average Bonchev–Trinajstić information content (AvgIpc) is 2.25. The first-order valence-electron chi connectivity index (χ1n) is 5.43. The van der Waals surface area contributed by atoms with E-state index in [9.17, 15) is 14.9 Å². The third kappa shape index (κ3) is 3.53. The number of halogens is 1. The molecule has 0 spiro atoms. The average molecular weight is 315 g/mol. The number of hydrogen-bond donors (Lipinski definition) is 1. The minimum absolute atomic E-state index is 0.0693. The van der Waals surface area contributed by atoms with E-state index in [0.29, 0.717) is 5.56 Å². The zero-order valence-electron chi connectivity index (χ0n) is 10.5. The van der Waals surface area contributed by atoms with Crippen LogP contribution in [0.2, 0.25) is 0 Å². The molecule has 18 heavy (non-hydrogen) atoms. The Kier molecular flexibility index (Phi) is 4.45. The van der Waals surface area contributed by atoms with Crippen LogP contribution in [-0.2, 0) is 11.3 Å². The molecule has 98 valence electrons. The van der Waals surface area contributed by atoms with Gasteiger partial charge in [-0.3, -0.25) is 14.9 Å². The maximum absolute atomic E-state index is 11.7. The molecule has 5 nitrogen and oxygen atoms in total. The molecule has 6 heteroatoms. The van der Waals surface area contributed by atoms with Crippen molar-refractivity contribution in [2.75, 3.05) is 0 Å². The number of carbonyl (C=O) groups excluding carboxylic acids is 1. The third-order valence-corrected chi connectivity index (χ3v) is 2.95. The molecule has 0 aliphatic rings. The number of benzene rings is 1. The van der Waals surface area contributed by atoms with Gasteiger partial charge in [0.25, 0.3) is 5.69 Å². The maximum Gasteiger partial charge on any atom is 0.272 e. The smallest absolute Gasteiger partial charge is 0.272 e. The first-order chi connectivity index (χ1) is 8.23. The molecule has 1 aromatic rings. The van der Waals surface area contributed by atoms with Crippen LogP contribution in [0.5, 0.6) is 0 Å². The van der Waals surface area contributed by atoms with Crippen molar-refractivity contribution in [3.63, 3.8) is 0 Å². The van der Waals surface area contributed by atoms with Crippen molar-refractivity contribution in [2.45, 2.75) is 31.6 Å². The Labute approximate surface area is 114 Å². The quantitative estimate of drug-likeness (QED) is 0.527. The van der Waals surface area contributed by atoms with Gasteiger partial charge in [-0.05, 0) is 26.3 Å². The van der Waals surface area contributed by atoms with Crippen molar-refractivity contribution in [1.82, 2.24) is 5.32 Å². The van der Waals surface area contributed by atoms with Crippen LogP contribution in [0.3, 0.4) is 0 Å². The van der Waals surface area contributed by atoms with Crippen LogP contribution in [-0.4, -0.2) is 15.2 Å². The number of alkyl halides is 1. The number of nitrogens with zero attached hydrogens (tertiary/aromatic N) is 1. The highest BCUT2D eigenvalue weighted by Gasteiger charge is 2.23. The van der Waals surface area contributed by atoms with E-state index in [0.717, 1.165) is 5.56 Å². The van der Waals surface area contributed by atoms with Gasteiger partial charge >= 0.3 is 0 Å². The van der Waals surface area contributed by atoms with Crippen LogP contribution >= 0.6 is 15.9 Å². The number of rotatable bonds is 4. The van der Waals surface area contributed by atoms with Gasteiger partial charge in [-0.15, -0.1) is 0 Å². The van der Waals surface area contributed by atoms with Crippen LogP contribution in [0.4, 0.5) is 5.69 Å². The van der Waals surface area contributed by atoms with E-state index in [1.807, 2.05) is 0 Å². The summed E-state index contributed by atoms with van der Waals surface area (Å²) < 4.78 is -0.651. The van der Waals surface area contributed by atoms with Crippen molar-refractivity contribution in [3.8, 4) is 0 Å². The van der Waals surface area contributed by atoms with Gasteiger partial charge in [0.05, 0.1) is 9.25 Å². The van der Waals surface area contributed by atoms with E-state index >= 15 is 0 Å². The second-order valence-electron chi connectivity index (χ2n) is 4.47. The lowest BCUT2D eigenvalue weighted by molar-refractivity contribution is -0.385. The zero-order chi connectivity index (χ0) is 13.9. The minimum atomic E-state index is -0.651. The van der Waals surface area contributed by atoms with Crippen molar-refractivity contribution in [2.24, 2.45) is 0 Å². The number of amides is 1. The van der Waals surface area contributed by atoms with E-state index in [4.69, 9.17) is 0 Å². The molecule has 0 saturated heterocycles. The molecule has 1 amide bonds. The van der Waals surface area contributed by atoms with Crippen LogP contribution in [0.15, 0.2) is 18.2 Å². The highest BCUT2D eigenvalue weighted by molar-refractivity contribution is 9.10. The Morgan fingerprint density at radius 1 is 1.50 bits per heavy atom. The van der Waals surface area contributed by atoms with E-state index in [1.54, 1.807) is 32.9 Å². The molecule has 1 N–H and O–H groups in total. The largest absolute Gasteiger partial charge is 0.351 e. The van der Waals surface area contributed by atoms with Crippen molar-refractivity contribution < 1.29 is 9.72 Å². The number of carbonyl (C=O) groups is 1. The first kappa shape index (κ1) is 14.6. The van der Waals surface area contributed by atoms with E-state index in [-0.39, 0.29) is 18.1 Å². The van der Waals surface area contributed by atoms with Crippen LogP contribution in [0.25, 0.3) is 0 Å². The van der Waals surface area contributed by atoms with E-state index < -0.39 is 9.25 Å². The number of nitrogens with one attached hydrogen (secondary N) is 1. The number of hydrogen-bond acceptors (Lipinski definition) is 3. The lowest BCUT2D eigenvalue weighted by atomic mass is 10.1. The standard InChI is InChI=1S/C12H15BrN2O3/c1-8-9(5-4-6-10(8)15(17)18)7-14-11(16)12(2,3)13/h4-6H,7H2,1-3H3,(H,14,16). The normalized spacial score (nSPS) is 11.1. The molecule has 0 fully saturated rings. The molecule has 0 aliphatic carbocycles. The topological polar surface area (TPSA) is 72.2 Å². The first-order valence-corrected chi connectivity index (χ1v) is 6.23. The number of nitro benzene ring substituents is 1. The fourth-order valence-electron chi connectivity index (χ4n) is 1.44. The maximum atomic E-state index is 11.7. The van der Waals surface area contributed by atoms with Crippen molar-refractivity contribution in [3.05, 3.63) is 39.4 Å². The summed E-state index contributed by atoms with van der Waals surface area (Å²) in [5, 5.41) is 13.5.